The van der Waals surface area contributed by atoms with Crippen LogP contribution in [0.4, 0.5) is 0 Å². The Morgan fingerprint density at radius 3 is 2.44 bits per heavy atom. The molecule has 0 aliphatic carbocycles. The van der Waals surface area contributed by atoms with Gasteiger partial charge in [0.25, 0.3) is 0 Å². The first-order valence-electron chi connectivity index (χ1n) is 2.93. The molecule has 50 valence electrons. The van der Waals surface area contributed by atoms with Crippen LogP contribution >= 0.6 is 11.3 Å². The molecule has 1 aromatic rings. The molecule has 0 N–H and O–H groups in total. The second-order valence-electron chi connectivity index (χ2n) is 3.07. The van der Waals surface area contributed by atoms with Crippen LogP contribution in [-0.2, 0) is 0 Å². The van der Waals surface area contributed by atoms with Gasteiger partial charge < -0.3 is 4.98 Å². The highest BCUT2D eigenvalue weighted by Crippen LogP contribution is 2.03. The fraction of sp³-hybridized carbons (Fsp3) is 0.500. The summed E-state index contributed by atoms with van der Waals surface area (Å²) in [6.45, 7) is 6.94. The van der Waals surface area contributed by atoms with Crippen molar-refractivity contribution in [2.75, 3.05) is 0 Å². The third-order valence-corrected chi connectivity index (χ3v) is 5.40. The minimum atomic E-state index is -1.06. The molecular weight excluding hydrogens is 146 g/mol. The predicted molar refractivity (Wildman–Crippen MR) is 43.9 cm³/mol. The van der Waals surface area contributed by atoms with E-state index in [-0.39, 0.29) is 0 Å². The van der Waals surface area contributed by atoms with Gasteiger partial charge in [-0.25, -0.2) is 0 Å². The number of thiazole rings is 1. The summed E-state index contributed by atoms with van der Waals surface area (Å²) in [7, 11) is -1.06. The Morgan fingerprint density at radius 1 is 1.56 bits per heavy atom. The Bertz CT molecular complexity index is 175. The van der Waals surface area contributed by atoms with Crippen molar-refractivity contribution in [3.05, 3.63) is 11.7 Å². The monoisotopic (exact) mass is 156 g/mol. The maximum absolute atomic E-state index is 3.92. The van der Waals surface area contributed by atoms with Gasteiger partial charge in [-0.1, -0.05) is 19.6 Å². The molecule has 1 nitrogen and oxygen atoms in total. The van der Waals surface area contributed by atoms with Crippen molar-refractivity contribution in [2.45, 2.75) is 19.6 Å². The van der Waals surface area contributed by atoms with Crippen LogP contribution in [0.5, 0.6) is 0 Å². The molecule has 1 rings (SSSR count). The maximum Gasteiger partial charge on any atom is 0.0153 e. The van der Waals surface area contributed by atoms with Gasteiger partial charge in [0.15, 0.2) is 0 Å². The molecule has 0 amide bonds. The highest BCUT2D eigenvalue weighted by molar-refractivity contribution is 7.24. The largest absolute Gasteiger partial charge is 0.394 e. The molecule has 0 aliphatic rings. The van der Waals surface area contributed by atoms with Crippen LogP contribution in [0, 0.1) is 5.51 Å². The van der Waals surface area contributed by atoms with Crippen molar-refractivity contribution in [3.8, 4) is 0 Å². The van der Waals surface area contributed by atoms with Gasteiger partial charge >= 0.3 is 0 Å². The van der Waals surface area contributed by atoms with Crippen molar-refractivity contribution in [1.29, 1.82) is 0 Å². The lowest BCUT2D eigenvalue weighted by Gasteiger charge is -2.18. The summed E-state index contributed by atoms with van der Waals surface area (Å²) in [5.41, 5.74) is 2.86. The van der Waals surface area contributed by atoms with Crippen molar-refractivity contribution >= 4 is 23.9 Å². The van der Waals surface area contributed by atoms with Gasteiger partial charge in [0.05, 0.1) is 0 Å². The first kappa shape index (κ1) is 6.96. The van der Waals surface area contributed by atoms with E-state index in [0.717, 1.165) is 0 Å². The van der Waals surface area contributed by atoms with E-state index in [0.29, 0.717) is 0 Å². The zero-order valence-corrected chi connectivity index (χ0v) is 7.75. The Hall–Kier alpha value is -0.153. The molecule has 0 aliphatic heterocycles. The number of hydrogen-bond acceptors (Lipinski definition) is 2. The van der Waals surface area contributed by atoms with Crippen LogP contribution < -0.4 is 4.50 Å². The van der Waals surface area contributed by atoms with Crippen molar-refractivity contribution < 1.29 is 0 Å². The topological polar surface area (TPSA) is 12.9 Å². The van der Waals surface area contributed by atoms with E-state index in [9.17, 15) is 0 Å². The van der Waals surface area contributed by atoms with Gasteiger partial charge in [-0.05, 0) is 5.51 Å². The first-order valence-corrected chi connectivity index (χ1v) is 7.25. The Labute approximate surface area is 60.8 Å². The standard InChI is InChI=1S/C6H10NSSi/c1-9(2,3)6-4-7-5-8-6/h4H,1-3H3/q-1. The molecule has 0 saturated carbocycles. The smallest absolute Gasteiger partial charge is 0.0153 e. The Kier molecular flexibility index (Phi) is 1.72. The van der Waals surface area contributed by atoms with E-state index in [4.69, 9.17) is 0 Å². The molecule has 0 bridgehead atoms. The summed E-state index contributed by atoms with van der Waals surface area (Å²) >= 11 is 1.66. The quantitative estimate of drug-likeness (QED) is 0.443. The highest BCUT2D eigenvalue weighted by Gasteiger charge is 2.08. The van der Waals surface area contributed by atoms with E-state index in [1.165, 1.54) is 4.50 Å². The summed E-state index contributed by atoms with van der Waals surface area (Å²) in [6, 6.07) is 0. The second-order valence-corrected chi connectivity index (χ2v) is 9.29. The van der Waals surface area contributed by atoms with Gasteiger partial charge in [0, 0.05) is 8.07 Å². The third-order valence-electron chi connectivity index (χ3n) is 1.13. The third kappa shape index (κ3) is 1.63. The van der Waals surface area contributed by atoms with Crippen molar-refractivity contribution in [3.63, 3.8) is 0 Å². The van der Waals surface area contributed by atoms with E-state index in [1.807, 2.05) is 6.20 Å². The summed E-state index contributed by atoms with van der Waals surface area (Å²) in [4.78, 5) is 3.92. The summed E-state index contributed by atoms with van der Waals surface area (Å²) < 4.78 is 1.43. The van der Waals surface area contributed by atoms with Crippen molar-refractivity contribution in [2.24, 2.45) is 0 Å². The van der Waals surface area contributed by atoms with Gasteiger partial charge in [-0.3, -0.25) is 11.3 Å². The lowest BCUT2D eigenvalue weighted by atomic mass is 11.0. The van der Waals surface area contributed by atoms with E-state index in [2.05, 4.69) is 30.1 Å². The molecule has 0 atom stereocenters. The van der Waals surface area contributed by atoms with Crippen molar-refractivity contribution in [1.82, 2.24) is 4.98 Å². The minimum absolute atomic E-state index is 1.06. The zero-order valence-electron chi connectivity index (χ0n) is 5.93. The minimum Gasteiger partial charge on any atom is -0.394 e. The molecule has 0 saturated heterocycles. The molecule has 0 unspecified atom stereocenters. The summed E-state index contributed by atoms with van der Waals surface area (Å²) in [5.74, 6) is 0. The number of nitrogens with zero attached hydrogens (tertiary/aromatic N) is 1. The molecule has 3 heteroatoms. The average molecular weight is 156 g/mol. The fourth-order valence-corrected chi connectivity index (χ4v) is 2.66. The number of rotatable bonds is 1. The molecule has 0 aromatic carbocycles. The highest BCUT2D eigenvalue weighted by atomic mass is 32.1. The lowest BCUT2D eigenvalue weighted by Crippen LogP contribution is -2.34. The summed E-state index contributed by atoms with van der Waals surface area (Å²) in [6.07, 6.45) is 1.94. The van der Waals surface area contributed by atoms with Gasteiger partial charge in [-0.2, -0.15) is 0 Å². The Morgan fingerprint density at radius 2 is 2.22 bits per heavy atom. The van der Waals surface area contributed by atoms with Gasteiger partial charge in [-0.15, -0.1) is 10.7 Å². The predicted octanol–water partition coefficient (Wildman–Crippen LogP) is 1.49. The molecule has 0 spiro atoms. The molecule has 9 heavy (non-hydrogen) atoms. The zero-order chi connectivity index (χ0) is 6.91. The van der Waals surface area contributed by atoms with Crippen LogP contribution in [0.2, 0.25) is 19.6 Å². The molecular formula is C6H10NSSi-. The van der Waals surface area contributed by atoms with E-state index in [1.54, 1.807) is 11.3 Å². The Balaban J connectivity index is 2.90. The number of aromatic nitrogens is 1. The van der Waals surface area contributed by atoms with Crippen LogP contribution in [0.15, 0.2) is 6.20 Å². The lowest BCUT2D eigenvalue weighted by molar-refractivity contribution is 1.42. The van der Waals surface area contributed by atoms with Crippen LogP contribution in [0.25, 0.3) is 0 Å². The van der Waals surface area contributed by atoms with E-state index < -0.39 is 8.07 Å². The molecule has 1 aromatic heterocycles. The van der Waals surface area contributed by atoms with Gasteiger partial charge in [0.1, 0.15) is 0 Å². The maximum atomic E-state index is 3.92. The van der Waals surface area contributed by atoms with E-state index >= 15 is 0 Å². The molecule has 0 fully saturated rings. The van der Waals surface area contributed by atoms with Crippen LogP contribution in [0.3, 0.4) is 0 Å². The van der Waals surface area contributed by atoms with Crippen LogP contribution in [-0.4, -0.2) is 13.1 Å². The van der Waals surface area contributed by atoms with Gasteiger partial charge in [0.2, 0.25) is 0 Å². The normalized spacial score (nSPS) is 11.9. The molecule has 1 heterocycles. The fourth-order valence-electron chi connectivity index (χ4n) is 0.534. The first-order chi connectivity index (χ1) is 4.11. The summed E-state index contributed by atoms with van der Waals surface area (Å²) in [5, 5.41) is 0. The number of hydrogen-bond donors (Lipinski definition) is 0. The SMILES string of the molecule is C[Si](C)(C)c1cn[c-]s1. The second kappa shape index (κ2) is 2.23. The molecule has 0 radical (unpaired) electrons. The average Bonchev–Trinajstić information content (AvgIpc) is 2.08. The van der Waals surface area contributed by atoms with Crippen LogP contribution in [0.1, 0.15) is 0 Å².